The van der Waals surface area contributed by atoms with Gasteiger partial charge in [0.05, 0.1) is 20.1 Å². The summed E-state index contributed by atoms with van der Waals surface area (Å²) in [7, 11) is 0. The molecule has 0 aromatic heterocycles. The van der Waals surface area contributed by atoms with Crippen molar-refractivity contribution in [2.45, 2.75) is 6.42 Å². The SMILES string of the molecule is C#CCOCC(=O)COc1c(Cl)cc(Cc2cc(Cl)c(OC/C(O)=C/Cl)c(Cl)c2)cc1Cl. The van der Waals surface area contributed by atoms with Crippen LogP contribution in [0.1, 0.15) is 11.1 Å². The number of terminal acetylenes is 1. The molecule has 2 aromatic carbocycles. The Bertz CT molecular complexity index is 999. The molecule has 2 rings (SSSR count). The van der Waals surface area contributed by atoms with Gasteiger partial charge >= 0.3 is 0 Å². The molecule has 0 unspecified atom stereocenters. The van der Waals surface area contributed by atoms with Crippen molar-refractivity contribution in [3.05, 3.63) is 66.8 Å². The van der Waals surface area contributed by atoms with Gasteiger partial charge in [0.15, 0.2) is 17.3 Å². The highest BCUT2D eigenvalue weighted by Gasteiger charge is 2.15. The van der Waals surface area contributed by atoms with E-state index in [4.69, 9.17) is 78.6 Å². The number of carbonyl (C=O) groups excluding carboxylic acids is 1. The van der Waals surface area contributed by atoms with Crippen molar-refractivity contribution < 1.29 is 24.1 Å². The Labute approximate surface area is 210 Å². The van der Waals surface area contributed by atoms with Gasteiger partial charge in [-0.25, -0.2) is 0 Å². The van der Waals surface area contributed by atoms with E-state index in [1.807, 2.05) is 0 Å². The van der Waals surface area contributed by atoms with Crippen LogP contribution >= 0.6 is 58.0 Å². The van der Waals surface area contributed by atoms with Crippen LogP contribution in [0.4, 0.5) is 0 Å². The molecule has 0 aliphatic rings. The molecule has 0 aliphatic heterocycles. The molecule has 0 fully saturated rings. The van der Waals surface area contributed by atoms with E-state index >= 15 is 0 Å². The highest BCUT2D eigenvalue weighted by molar-refractivity contribution is 6.38. The predicted molar refractivity (Wildman–Crippen MR) is 128 cm³/mol. The fraction of sp³-hybridized carbons (Fsp3) is 0.227. The third-order valence-corrected chi connectivity index (χ3v) is 5.22. The molecule has 0 bridgehead atoms. The van der Waals surface area contributed by atoms with Gasteiger partial charge in [-0.3, -0.25) is 4.79 Å². The normalized spacial score (nSPS) is 11.2. The van der Waals surface area contributed by atoms with Crippen LogP contribution in [0.15, 0.2) is 35.6 Å². The average molecular weight is 539 g/mol. The second-order valence-electron chi connectivity index (χ2n) is 6.37. The van der Waals surface area contributed by atoms with Crippen molar-refractivity contribution in [3.63, 3.8) is 0 Å². The number of aliphatic hydroxyl groups is 1. The summed E-state index contributed by atoms with van der Waals surface area (Å²) in [5, 5.41) is 10.4. The number of aliphatic hydroxyl groups excluding tert-OH is 1. The quantitative estimate of drug-likeness (QED) is 0.201. The fourth-order valence-corrected chi connectivity index (χ4v) is 3.88. The Balaban J connectivity index is 2.09. The van der Waals surface area contributed by atoms with Gasteiger partial charge < -0.3 is 19.3 Å². The third-order valence-electron chi connectivity index (χ3n) is 3.84. The molecule has 170 valence electrons. The smallest absolute Gasteiger partial charge is 0.195 e. The Morgan fingerprint density at radius 2 is 1.38 bits per heavy atom. The highest BCUT2D eigenvalue weighted by Crippen LogP contribution is 2.37. The van der Waals surface area contributed by atoms with Crippen LogP contribution in [0.2, 0.25) is 20.1 Å². The lowest BCUT2D eigenvalue weighted by atomic mass is 10.0. The van der Waals surface area contributed by atoms with Gasteiger partial charge in [0.1, 0.15) is 32.2 Å². The van der Waals surface area contributed by atoms with E-state index in [0.717, 1.165) is 16.7 Å². The van der Waals surface area contributed by atoms with Crippen molar-refractivity contribution in [2.75, 3.05) is 26.4 Å². The van der Waals surface area contributed by atoms with Gasteiger partial charge in [-0.05, 0) is 41.8 Å². The molecule has 0 spiro atoms. The van der Waals surface area contributed by atoms with Crippen molar-refractivity contribution in [2.24, 2.45) is 0 Å². The maximum Gasteiger partial charge on any atom is 0.195 e. The Morgan fingerprint density at radius 3 is 1.81 bits per heavy atom. The van der Waals surface area contributed by atoms with Crippen LogP contribution in [0, 0.1) is 12.3 Å². The summed E-state index contributed by atoms with van der Waals surface area (Å²) in [4.78, 5) is 11.8. The molecule has 0 amide bonds. The minimum absolute atomic E-state index is 0.0377. The van der Waals surface area contributed by atoms with Gasteiger partial charge in [0.25, 0.3) is 0 Å². The zero-order valence-electron chi connectivity index (χ0n) is 16.5. The first-order chi connectivity index (χ1) is 15.2. The van der Waals surface area contributed by atoms with Crippen molar-refractivity contribution >= 4 is 63.8 Å². The van der Waals surface area contributed by atoms with E-state index in [1.165, 1.54) is 0 Å². The van der Waals surface area contributed by atoms with Gasteiger partial charge in [-0.15, -0.1) is 6.42 Å². The Morgan fingerprint density at radius 1 is 0.906 bits per heavy atom. The number of rotatable bonds is 11. The summed E-state index contributed by atoms with van der Waals surface area (Å²) in [5.74, 6) is 2.20. The van der Waals surface area contributed by atoms with Gasteiger partial charge in [-0.2, -0.15) is 0 Å². The predicted octanol–water partition coefficient (Wildman–Crippen LogP) is 6.51. The lowest BCUT2D eigenvalue weighted by Gasteiger charge is -2.13. The second kappa shape index (κ2) is 13.1. The number of Topliss-reactive ketones (excluding diaryl/α,β-unsaturated/α-hetero) is 1. The number of benzene rings is 2. The standard InChI is InChI=1S/C22H17Cl5O5/c1-2-3-30-10-16(29)12-32-22-19(26)7-14(8-20(22)27)4-13-5-17(24)21(18(25)6-13)31-11-15(28)9-23/h1,5-9,28H,3-4,10-12H2/b15-9-. The van der Waals surface area contributed by atoms with Gasteiger partial charge in [-0.1, -0.05) is 63.9 Å². The number of ether oxygens (including phenoxy) is 3. The topological polar surface area (TPSA) is 65.0 Å². The number of hydrogen-bond donors (Lipinski definition) is 1. The minimum atomic E-state index is -0.307. The van der Waals surface area contributed by atoms with E-state index in [2.05, 4.69) is 5.92 Å². The van der Waals surface area contributed by atoms with Crippen molar-refractivity contribution in [1.29, 1.82) is 0 Å². The first-order valence-electron chi connectivity index (χ1n) is 8.97. The zero-order valence-corrected chi connectivity index (χ0v) is 20.2. The summed E-state index contributed by atoms with van der Waals surface area (Å²) in [6.45, 7) is -0.561. The van der Waals surface area contributed by atoms with E-state index < -0.39 is 0 Å². The minimum Gasteiger partial charge on any atom is -0.508 e. The molecule has 0 radical (unpaired) electrons. The van der Waals surface area contributed by atoms with Crippen LogP contribution in [-0.2, 0) is 16.0 Å². The first-order valence-corrected chi connectivity index (χ1v) is 10.9. The molecule has 0 saturated carbocycles. The van der Waals surface area contributed by atoms with E-state index in [0.29, 0.717) is 6.42 Å². The number of halogens is 5. The van der Waals surface area contributed by atoms with Crippen molar-refractivity contribution in [3.8, 4) is 23.8 Å². The maximum absolute atomic E-state index is 11.8. The molecular formula is C22H17Cl5O5. The molecular weight excluding hydrogens is 522 g/mol. The summed E-state index contributed by atoms with van der Waals surface area (Å²) in [6, 6.07) is 6.67. The van der Waals surface area contributed by atoms with Crippen LogP contribution in [0.5, 0.6) is 11.5 Å². The molecule has 2 aromatic rings. The van der Waals surface area contributed by atoms with Crippen molar-refractivity contribution in [1.82, 2.24) is 0 Å². The summed E-state index contributed by atoms with van der Waals surface area (Å²) >= 11 is 30.5. The van der Waals surface area contributed by atoms with Gasteiger partial charge in [0, 0.05) is 5.54 Å². The van der Waals surface area contributed by atoms with Crippen LogP contribution in [0.25, 0.3) is 0 Å². The zero-order chi connectivity index (χ0) is 23.7. The molecule has 0 saturated heterocycles. The molecule has 0 heterocycles. The Hall–Kier alpha value is -1.78. The van der Waals surface area contributed by atoms with Crippen LogP contribution in [0.3, 0.4) is 0 Å². The number of ketones is 1. The lowest BCUT2D eigenvalue weighted by Crippen LogP contribution is -2.17. The Kier molecular flexibility index (Phi) is 10.8. The van der Waals surface area contributed by atoms with E-state index in [1.54, 1.807) is 24.3 Å². The van der Waals surface area contributed by atoms with Crippen LogP contribution < -0.4 is 9.47 Å². The summed E-state index contributed by atoms with van der Waals surface area (Å²) < 4.78 is 15.8. The fourth-order valence-electron chi connectivity index (χ4n) is 2.54. The third kappa shape index (κ3) is 7.97. The maximum atomic E-state index is 11.8. The number of hydrogen-bond acceptors (Lipinski definition) is 5. The summed E-state index contributed by atoms with van der Waals surface area (Å²) in [5.41, 5.74) is 2.52. The largest absolute Gasteiger partial charge is 0.508 e. The van der Waals surface area contributed by atoms with Gasteiger partial charge in [0.2, 0.25) is 0 Å². The lowest BCUT2D eigenvalue weighted by molar-refractivity contribution is -0.125. The molecule has 5 nitrogen and oxygen atoms in total. The second-order valence-corrected chi connectivity index (χ2v) is 8.21. The molecule has 32 heavy (non-hydrogen) atoms. The molecule has 0 atom stereocenters. The average Bonchev–Trinajstić information content (AvgIpc) is 2.72. The molecule has 10 heteroatoms. The highest BCUT2D eigenvalue weighted by atomic mass is 35.5. The molecule has 0 aliphatic carbocycles. The monoisotopic (exact) mass is 536 g/mol. The molecule has 1 N–H and O–H groups in total. The van der Waals surface area contributed by atoms with Crippen LogP contribution in [-0.4, -0.2) is 37.3 Å². The van der Waals surface area contributed by atoms with E-state index in [-0.39, 0.29) is 69.6 Å². The summed E-state index contributed by atoms with van der Waals surface area (Å²) in [6.07, 6.45) is 5.46. The first kappa shape index (κ1) is 26.5. The van der Waals surface area contributed by atoms with E-state index in [9.17, 15) is 9.90 Å². The number of carbonyl (C=O) groups is 1.